The summed E-state index contributed by atoms with van der Waals surface area (Å²) in [5, 5.41) is 0. The Morgan fingerprint density at radius 1 is 1.09 bits per heavy atom. The van der Waals surface area contributed by atoms with Crippen LogP contribution in [-0.2, 0) is 10.0 Å². The standard InChI is InChI=1S/C17H23NO4S/c1-12(13-3-4-13)18(14-5-6-14)23(19,20)15-7-8-16-17(11-15)22-10-2-9-21-16/h7-8,11-14H,2-6,9-10H2,1H3/t12-/m1/s1. The van der Waals surface area contributed by atoms with E-state index in [0.29, 0.717) is 35.5 Å². The zero-order chi connectivity index (χ0) is 16.0. The van der Waals surface area contributed by atoms with Gasteiger partial charge in [-0.2, -0.15) is 4.31 Å². The maximum absolute atomic E-state index is 13.2. The third kappa shape index (κ3) is 2.94. The van der Waals surface area contributed by atoms with Crippen LogP contribution in [0.15, 0.2) is 23.1 Å². The van der Waals surface area contributed by atoms with Gasteiger partial charge >= 0.3 is 0 Å². The molecule has 0 amide bonds. The Labute approximate surface area is 137 Å². The molecule has 1 heterocycles. The van der Waals surface area contributed by atoms with E-state index in [4.69, 9.17) is 9.47 Å². The van der Waals surface area contributed by atoms with Crippen molar-refractivity contribution in [3.8, 4) is 11.5 Å². The Morgan fingerprint density at radius 2 is 1.78 bits per heavy atom. The summed E-state index contributed by atoms with van der Waals surface area (Å²) >= 11 is 0. The highest BCUT2D eigenvalue weighted by molar-refractivity contribution is 7.89. The SMILES string of the molecule is C[C@H](C1CC1)N(C1CC1)S(=O)(=O)c1ccc2c(c1)OCCCO2. The zero-order valence-corrected chi connectivity index (χ0v) is 14.2. The Kier molecular flexibility index (Phi) is 3.76. The average Bonchev–Trinajstić information content (AvgIpc) is 3.40. The van der Waals surface area contributed by atoms with Gasteiger partial charge in [0.25, 0.3) is 0 Å². The van der Waals surface area contributed by atoms with Crippen LogP contribution < -0.4 is 9.47 Å². The number of benzene rings is 1. The quantitative estimate of drug-likeness (QED) is 0.829. The van der Waals surface area contributed by atoms with Gasteiger partial charge in [-0.15, -0.1) is 0 Å². The number of nitrogens with zero attached hydrogens (tertiary/aromatic N) is 1. The molecule has 0 bridgehead atoms. The molecule has 2 saturated carbocycles. The fourth-order valence-electron chi connectivity index (χ4n) is 3.29. The van der Waals surface area contributed by atoms with E-state index < -0.39 is 10.0 Å². The second kappa shape index (κ2) is 5.67. The summed E-state index contributed by atoms with van der Waals surface area (Å²) in [6.45, 7) is 3.21. The number of sulfonamides is 1. The van der Waals surface area contributed by atoms with E-state index >= 15 is 0 Å². The lowest BCUT2D eigenvalue weighted by Gasteiger charge is -2.28. The van der Waals surface area contributed by atoms with Crippen molar-refractivity contribution in [3.63, 3.8) is 0 Å². The average molecular weight is 337 g/mol. The minimum absolute atomic E-state index is 0.0866. The first-order chi connectivity index (χ1) is 11.1. The van der Waals surface area contributed by atoms with Crippen molar-refractivity contribution >= 4 is 10.0 Å². The summed E-state index contributed by atoms with van der Waals surface area (Å²) in [5.74, 6) is 1.69. The minimum atomic E-state index is -3.49. The fraction of sp³-hybridized carbons (Fsp3) is 0.647. The topological polar surface area (TPSA) is 55.8 Å². The first kappa shape index (κ1) is 15.3. The summed E-state index contributed by atoms with van der Waals surface area (Å²) in [7, 11) is -3.49. The molecule has 3 aliphatic rings. The van der Waals surface area contributed by atoms with E-state index in [9.17, 15) is 8.42 Å². The van der Waals surface area contributed by atoms with Crippen LogP contribution >= 0.6 is 0 Å². The fourth-order valence-corrected chi connectivity index (χ4v) is 5.24. The van der Waals surface area contributed by atoms with Crippen molar-refractivity contribution in [1.82, 2.24) is 4.31 Å². The highest BCUT2D eigenvalue weighted by Crippen LogP contribution is 2.43. The molecule has 1 aromatic rings. The van der Waals surface area contributed by atoms with E-state index in [1.165, 1.54) is 0 Å². The molecule has 2 aliphatic carbocycles. The lowest BCUT2D eigenvalue weighted by Crippen LogP contribution is -2.41. The number of ether oxygens (including phenoxy) is 2. The number of hydrogen-bond acceptors (Lipinski definition) is 4. The van der Waals surface area contributed by atoms with Crippen molar-refractivity contribution in [2.45, 2.75) is 56.0 Å². The van der Waals surface area contributed by atoms with E-state index in [-0.39, 0.29) is 12.1 Å². The molecule has 0 aromatic heterocycles. The predicted octanol–water partition coefficient (Wildman–Crippen LogP) is 2.80. The van der Waals surface area contributed by atoms with E-state index in [1.54, 1.807) is 22.5 Å². The minimum Gasteiger partial charge on any atom is -0.490 e. The number of hydrogen-bond donors (Lipinski definition) is 0. The van der Waals surface area contributed by atoms with Crippen LogP contribution in [0.25, 0.3) is 0 Å². The van der Waals surface area contributed by atoms with E-state index in [2.05, 4.69) is 6.92 Å². The molecule has 4 rings (SSSR count). The van der Waals surface area contributed by atoms with Crippen molar-refractivity contribution < 1.29 is 17.9 Å². The Balaban J connectivity index is 1.68. The van der Waals surface area contributed by atoms with Gasteiger partial charge in [-0.1, -0.05) is 0 Å². The van der Waals surface area contributed by atoms with Crippen molar-refractivity contribution in [2.24, 2.45) is 5.92 Å². The van der Waals surface area contributed by atoms with Crippen molar-refractivity contribution in [1.29, 1.82) is 0 Å². The van der Waals surface area contributed by atoms with Crippen molar-refractivity contribution in [2.75, 3.05) is 13.2 Å². The molecule has 0 saturated heterocycles. The lowest BCUT2D eigenvalue weighted by atomic mass is 10.2. The molecule has 1 aliphatic heterocycles. The molecule has 1 atom stereocenters. The van der Waals surface area contributed by atoms with Crippen LogP contribution in [0.4, 0.5) is 0 Å². The van der Waals surface area contributed by atoms with Gasteiger partial charge in [-0.05, 0) is 50.7 Å². The molecule has 23 heavy (non-hydrogen) atoms. The summed E-state index contributed by atoms with van der Waals surface area (Å²) in [5.41, 5.74) is 0. The third-order valence-electron chi connectivity index (χ3n) is 4.91. The maximum Gasteiger partial charge on any atom is 0.243 e. The van der Waals surface area contributed by atoms with Gasteiger partial charge in [-0.3, -0.25) is 0 Å². The normalized spacial score (nSPS) is 22.7. The lowest BCUT2D eigenvalue weighted by molar-refractivity contribution is 0.296. The zero-order valence-electron chi connectivity index (χ0n) is 13.4. The number of rotatable bonds is 5. The first-order valence-corrected chi connectivity index (χ1v) is 9.94. The molecule has 0 N–H and O–H groups in total. The number of fused-ring (bicyclic) bond motifs is 1. The van der Waals surface area contributed by atoms with Crippen LogP contribution in [0.1, 0.15) is 39.0 Å². The van der Waals surface area contributed by atoms with Gasteiger partial charge < -0.3 is 9.47 Å². The van der Waals surface area contributed by atoms with Crippen molar-refractivity contribution in [3.05, 3.63) is 18.2 Å². The third-order valence-corrected chi connectivity index (χ3v) is 6.94. The molecule has 0 unspecified atom stereocenters. The van der Waals surface area contributed by atoms with Gasteiger partial charge in [0.05, 0.1) is 18.1 Å². The Bertz CT molecular complexity index is 695. The smallest absolute Gasteiger partial charge is 0.243 e. The van der Waals surface area contributed by atoms with Crippen LogP contribution in [-0.4, -0.2) is 38.0 Å². The first-order valence-electron chi connectivity index (χ1n) is 8.50. The van der Waals surface area contributed by atoms with Gasteiger partial charge in [0.2, 0.25) is 10.0 Å². The molecule has 5 nitrogen and oxygen atoms in total. The van der Waals surface area contributed by atoms with Gasteiger partial charge in [0.1, 0.15) is 0 Å². The van der Waals surface area contributed by atoms with Gasteiger partial charge in [-0.25, -0.2) is 8.42 Å². The highest BCUT2D eigenvalue weighted by Gasteiger charge is 2.45. The van der Waals surface area contributed by atoms with Crippen LogP contribution in [0.5, 0.6) is 11.5 Å². The van der Waals surface area contributed by atoms with Gasteiger partial charge in [0, 0.05) is 24.6 Å². The van der Waals surface area contributed by atoms with Crippen LogP contribution in [0.3, 0.4) is 0 Å². The molecule has 1 aromatic carbocycles. The molecular formula is C17H23NO4S. The summed E-state index contributed by atoms with van der Waals surface area (Å²) in [4.78, 5) is 0.321. The highest BCUT2D eigenvalue weighted by atomic mass is 32.2. The molecular weight excluding hydrogens is 314 g/mol. The largest absolute Gasteiger partial charge is 0.490 e. The Hall–Kier alpha value is -1.27. The second-order valence-corrected chi connectivity index (χ2v) is 8.65. The molecule has 126 valence electrons. The second-order valence-electron chi connectivity index (χ2n) is 6.80. The molecule has 2 fully saturated rings. The summed E-state index contributed by atoms with van der Waals surface area (Å²) in [6.07, 6.45) is 5.04. The monoisotopic (exact) mass is 337 g/mol. The molecule has 6 heteroatoms. The predicted molar refractivity (Wildman–Crippen MR) is 86.3 cm³/mol. The summed E-state index contributed by atoms with van der Waals surface area (Å²) < 4.78 is 39.4. The molecule has 0 radical (unpaired) electrons. The molecule has 0 spiro atoms. The van der Waals surface area contributed by atoms with E-state index in [0.717, 1.165) is 32.1 Å². The van der Waals surface area contributed by atoms with Crippen LogP contribution in [0, 0.1) is 5.92 Å². The van der Waals surface area contributed by atoms with E-state index in [1.807, 2.05) is 0 Å². The maximum atomic E-state index is 13.2. The summed E-state index contributed by atoms with van der Waals surface area (Å²) in [6, 6.07) is 5.26. The van der Waals surface area contributed by atoms with Crippen LogP contribution in [0.2, 0.25) is 0 Å². The Morgan fingerprint density at radius 3 is 2.43 bits per heavy atom. The van der Waals surface area contributed by atoms with Gasteiger partial charge in [0.15, 0.2) is 11.5 Å².